The maximum absolute atomic E-state index is 11.2. The summed E-state index contributed by atoms with van der Waals surface area (Å²) in [5.41, 5.74) is -0.692. The van der Waals surface area contributed by atoms with E-state index in [4.69, 9.17) is 0 Å². The van der Waals surface area contributed by atoms with Crippen LogP contribution in [0.5, 0.6) is 0 Å². The standard InChI is InChI=1S/C9H10N2O3.3C2H6/c1-6(12)3-4-7-5-11(2)9(14)10-8(7)13;3*1-2/h3-5H,1-2H3,(H,10,13,14);3*1-2H3/b4-3+;;;. The molecule has 116 valence electrons. The molecular formula is C15H28N2O3. The zero-order valence-corrected chi connectivity index (χ0v) is 13.9. The first-order valence-electron chi connectivity index (χ1n) is 6.99. The quantitative estimate of drug-likeness (QED) is 0.849. The second kappa shape index (κ2) is 15.1. The summed E-state index contributed by atoms with van der Waals surface area (Å²) in [4.78, 5) is 34.9. The average Bonchev–Trinajstić information content (AvgIpc) is 2.48. The summed E-state index contributed by atoms with van der Waals surface area (Å²) < 4.78 is 1.24. The number of hydrogen-bond acceptors (Lipinski definition) is 3. The summed E-state index contributed by atoms with van der Waals surface area (Å²) in [5, 5.41) is 0. The number of ketones is 1. The van der Waals surface area contributed by atoms with E-state index < -0.39 is 11.2 Å². The molecule has 1 aromatic rings. The topological polar surface area (TPSA) is 71.9 Å². The highest BCUT2D eigenvalue weighted by Crippen LogP contribution is 1.90. The summed E-state index contributed by atoms with van der Waals surface area (Å²) in [6, 6.07) is 0. The van der Waals surface area contributed by atoms with Gasteiger partial charge in [-0.15, -0.1) is 0 Å². The summed E-state index contributed by atoms with van der Waals surface area (Å²) in [7, 11) is 1.52. The summed E-state index contributed by atoms with van der Waals surface area (Å²) in [5.74, 6) is -0.154. The van der Waals surface area contributed by atoms with Crippen molar-refractivity contribution in [1.29, 1.82) is 0 Å². The van der Waals surface area contributed by atoms with Crippen LogP contribution in [0.25, 0.3) is 6.08 Å². The van der Waals surface area contributed by atoms with Crippen molar-refractivity contribution in [3.8, 4) is 0 Å². The van der Waals surface area contributed by atoms with Crippen LogP contribution in [-0.2, 0) is 11.8 Å². The second-order valence-electron chi connectivity index (χ2n) is 2.90. The maximum atomic E-state index is 11.2. The van der Waals surface area contributed by atoms with Crippen molar-refractivity contribution in [2.45, 2.75) is 48.5 Å². The molecule has 20 heavy (non-hydrogen) atoms. The number of nitrogens with zero attached hydrogens (tertiary/aromatic N) is 1. The van der Waals surface area contributed by atoms with Crippen molar-refractivity contribution in [2.75, 3.05) is 0 Å². The number of carbonyl (C=O) groups excluding carboxylic acids is 1. The van der Waals surface area contributed by atoms with Gasteiger partial charge in [-0.3, -0.25) is 14.6 Å². The number of hydrogen-bond donors (Lipinski definition) is 1. The van der Waals surface area contributed by atoms with E-state index in [0.717, 1.165) is 0 Å². The molecule has 5 heteroatoms. The van der Waals surface area contributed by atoms with Gasteiger partial charge in [0.05, 0.1) is 5.56 Å². The first-order valence-corrected chi connectivity index (χ1v) is 6.99. The summed E-state index contributed by atoms with van der Waals surface area (Å²) >= 11 is 0. The molecule has 0 radical (unpaired) electrons. The number of allylic oxidation sites excluding steroid dienone is 1. The SMILES string of the molecule is CC.CC.CC.CC(=O)/C=C/c1cn(C)c(=O)[nH]c1=O. The normalized spacial score (nSPS) is 8.40. The lowest BCUT2D eigenvalue weighted by Gasteiger charge is -1.96. The van der Waals surface area contributed by atoms with Crippen molar-refractivity contribution in [3.05, 3.63) is 38.7 Å². The van der Waals surface area contributed by atoms with Gasteiger partial charge < -0.3 is 4.57 Å². The van der Waals surface area contributed by atoms with Crippen molar-refractivity contribution < 1.29 is 4.79 Å². The van der Waals surface area contributed by atoms with Crippen LogP contribution in [0.15, 0.2) is 21.9 Å². The van der Waals surface area contributed by atoms with Gasteiger partial charge in [0, 0.05) is 13.2 Å². The van der Waals surface area contributed by atoms with Gasteiger partial charge in [-0.1, -0.05) is 41.5 Å². The molecule has 1 heterocycles. The van der Waals surface area contributed by atoms with Gasteiger partial charge in [0.25, 0.3) is 5.56 Å². The predicted molar refractivity (Wildman–Crippen MR) is 86.1 cm³/mol. The Balaban J connectivity index is -0.000000425. The lowest BCUT2D eigenvalue weighted by Crippen LogP contribution is -2.28. The van der Waals surface area contributed by atoms with E-state index in [1.165, 1.54) is 36.9 Å². The van der Waals surface area contributed by atoms with Crippen LogP contribution in [0.3, 0.4) is 0 Å². The fraction of sp³-hybridized carbons (Fsp3) is 0.533. The smallest absolute Gasteiger partial charge is 0.303 e. The minimum absolute atomic E-state index is 0.154. The minimum Gasteiger partial charge on any atom is -0.303 e. The van der Waals surface area contributed by atoms with E-state index >= 15 is 0 Å². The fourth-order valence-electron chi connectivity index (χ4n) is 0.909. The van der Waals surface area contributed by atoms with E-state index in [0.29, 0.717) is 0 Å². The Morgan fingerprint density at radius 3 is 1.95 bits per heavy atom. The number of nitrogens with one attached hydrogen (secondary N) is 1. The third kappa shape index (κ3) is 10.1. The van der Waals surface area contributed by atoms with Gasteiger partial charge >= 0.3 is 5.69 Å². The summed E-state index contributed by atoms with van der Waals surface area (Å²) in [6.45, 7) is 13.4. The zero-order valence-electron chi connectivity index (χ0n) is 13.9. The van der Waals surface area contributed by atoms with E-state index in [-0.39, 0.29) is 11.3 Å². The van der Waals surface area contributed by atoms with Gasteiger partial charge in [-0.05, 0) is 19.1 Å². The third-order valence-electron chi connectivity index (χ3n) is 1.63. The van der Waals surface area contributed by atoms with Crippen molar-refractivity contribution in [3.63, 3.8) is 0 Å². The van der Waals surface area contributed by atoms with Crippen LogP contribution in [0.1, 0.15) is 54.0 Å². The van der Waals surface area contributed by atoms with E-state index in [1.54, 1.807) is 0 Å². The highest BCUT2D eigenvalue weighted by Gasteiger charge is 1.98. The van der Waals surface area contributed by atoms with Crippen LogP contribution in [0, 0.1) is 0 Å². The highest BCUT2D eigenvalue weighted by molar-refractivity contribution is 5.91. The monoisotopic (exact) mass is 284 g/mol. The fourth-order valence-corrected chi connectivity index (χ4v) is 0.909. The molecule has 0 unspecified atom stereocenters. The number of H-pyrrole nitrogens is 1. The van der Waals surface area contributed by atoms with Gasteiger partial charge in [0.1, 0.15) is 0 Å². The second-order valence-corrected chi connectivity index (χ2v) is 2.90. The number of aromatic amines is 1. The van der Waals surface area contributed by atoms with Gasteiger partial charge in [0.2, 0.25) is 0 Å². The van der Waals surface area contributed by atoms with Gasteiger partial charge in [-0.2, -0.15) is 0 Å². The average molecular weight is 284 g/mol. The molecule has 1 aromatic heterocycles. The van der Waals surface area contributed by atoms with Crippen LogP contribution in [-0.4, -0.2) is 15.3 Å². The van der Waals surface area contributed by atoms with E-state index in [1.807, 2.05) is 41.5 Å². The molecular weight excluding hydrogens is 256 g/mol. The molecule has 0 aliphatic rings. The van der Waals surface area contributed by atoms with Crippen molar-refractivity contribution in [2.24, 2.45) is 7.05 Å². The Labute approximate surface area is 121 Å². The van der Waals surface area contributed by atoms with Crippen molar-refractivity contribution >= 4 is 11.9 Å². The Bertz CT molecular complexity index is 497. The molecule has 1 N–H and O–H groups in total. The van der Waals surface area contributed by atoms with Gasteiger partial charge in [0.15, 0.2) is 5.78 Å². The minimum atomic E-state index is -0.495. The van der Waals surface area contributed by atoms with Crippen molar-refractivity contribution in [1.82, 2.24) is 9.55 Å². The molecule has 0 saturated heterocycles. The van der Waals surface area contributed by atoms with E-state index in [2.05, 4.69) is 4.98 Å². The van der Waals surface area contributed by atoms with Crippen LogP contribution in [0.4, 0.5) is 0 Å². The molecule has 0 atom stereocenters. The molecule has 0 bridgehead atoms. The Hall–Kier alpha value is -1.91. The van der Waals surface area contributed by atoms with Crippen LogP contribution < -0.4 is 11.2 Å². The van der Waals surface area contributed by atoms with E-state index in [9.17, 15) is 14.4 Å². The lowest BCUT2D eigenvalue weighted by molar-refractivity contribution is -0.112. The molecule has 5 nitrogen and oxygen atoms in total. The molecule has 0 aliphatic heterocycles. The van der Waals surface area contributed by atoms with Crippen LogP contribution in [0.2, 0.25) is 0 Å². The predicted octanol–water partition coefficient (Wildman–Crippen LogP) is 2.75. The molecule has 1 rings (SSSR count). The zero-order chi connectivity index (χ0) is 16.7. The first-order chi connectivity index (χ1) is 9.50. The molecule has 0 aromatic carbocycles. The lowest BCUT2D eigenvalue weighted by atomic mass is 10.3. The molecule has 0 aliphatic carbocycles. The molecule has 0 amide bonds. The Morgan fingerprint density at radius 1 is 1.10 bits per heavy atom. The third-order valence-corrected chi connectivity index (χ3v) is 1.63. The number of rotatable bonds is 2. The number of aromatic nitrogens is 2. The Morgan fingerprint density at radius 2 is 1.55 bits per heavy atom. The maximum Gasteiger partial charge on any atom is 0.328 e. The first kappa shape index (κ1) is 23.2. The molecule has 0 saturated carbocycles. The largest absolute Gasteiger partial charge is 0.328 e. The van der Waals surface area contributed by atoms with Crippen LogP contribution >= 0.6 is 0 Å². The van der Waals surface area contributed by atoms with Gasteiger partial charge in [-0.25, -0.2) is 4.79 Å². The Kier molecular flexibility index (Phi) is 17.6. The molecule has 0 fully saturated rings. The molecule has 0 spiro atoms. The number of aryl methyl sites for hydroxylation is 1. The summed E-state index contributed by atoms with van der Waals surface area (Å²) in [6.07, 6.45) is 4.02. The number of carbonyl (C=O) groups is 1. The highest BCUT2D eigenvalue weighted by atomic mass is 16.2.